The van der Waals surface area contributed by atoms with E-state index < -0.39 is 5.41 Å². The molecule has 0 spiro atoms. The van der Waals surface area contributed by atoms with Crippen molar-refractivity contribution in [2.75, 3.05) is 30.8 Å². The van der Waals surface area contributed by atoms with Gasteiger partial charge in [-0.2, -0.15) is 4.98 Å². The number of carbonyl (C=O) groups excluding carboxylic acids is 1. The first-order valence-electron chi connectivity index (χ1n) is 12.9. The van der Waals surface area contributed by atoms with Crippen molar-refractivity contribution in [1.29, 1.82) is 0 Å². The lowest BCUT2D eigenvalue weighted by atomic mass is 9.73. The average Bonchev–Trinajstić information content (AvgIpc) is 2.94. The summed E-state index contributed by atoms with van der Waals surface area (Å²) < 4.78 is 5.48. The van der Waals surface area contributed by atoms with E-state index >= 15 is 0 Å². The molecule has 202 valence electrons. The van der Waals surface area contributed by atoms with Gasteiger partial charge in [0.05, 0.1) is 18.0 Å². The third-order valence-electron chi connectivity index (χ3n) is 7.57. The summed E-state index contributed by atoms with van der Waals surface area (Å²) in [6.45, 7) is 3.56. The minimum atomic E-state index is -0.603. The summed E-state index contributed by atoms with van der Waals surface area (Å²) in [5.41, 5.74) is 9.40. The number of aromatic nitrogens is 2. The molecule has 0 atom stereocenters. The van der Waals surface area contributed by atoms with E-state index in [1.807, 2.05) is 67.6 Å². The van der Waals surface area contributed by atoms with Gasteiger partial charge in [0.15, 0.2) is 0 Å². The largest absolute Gasteiger partial charge is 0.496 e. The molecule has 1 aliphatic heterocycles. The van der Waals surface area contributed by atoms with E-state index in [9.17, 15) is 4.79 Å². The molecule has 3 N–H and O–H groups in total. The average molecular weight is 565 g/mol. The van der Waals surface area contributed by atoms with Gasteiger partial charge in [-0.05, 0) is 67.1 Å². The number of rotatable bonds is 7. The Hall–Kier alpha value is -3.55. The summed E-state index contributed by atoms with van der Waals surface area (Å²) in [6.07, 6.45) is 1.86. The van der Waals surface area contributed by atoms with Crippen LogP contribution in [-0.4, -0.2) is 36.1 Å². The number of ether oxygens (including phenoxy) is 1. The Morgan fingerprint density at radius 1 is 1.08 bits per heavy atom. The minimum Gasteiger partial charge on any atom is -0.496 e. The SMILES string of the molecule is COc1cc2nc(N3CCC(Cc4ccc(Cl)cc4)(C(=O)NCc4ccccc4Cl)CC3)nc(N)c2cc1C. The number of nitrogens with zero attached hydrogens (tertiary/aromatic N) is 3. The molecule has 1 saturated heterocycles. The number of anilines is 2. The van der Waals surface area contributed by atoms with Crippen LogP contribution in [0, 0.1) is 12.3 Å². The molecule has 1 aliphatic rings. The van der Waals surface area contributed by atoms with Gasteiger partial charge in [0.1, 0.15) is 11.6 Å². The summed E-state index contributed by atoms with van der Waals surface area (Å²) in [5, 5.41) is 5.26. The molecule has 0 aliphatic carbocycles. The van der Waals surface area contributed by atoms with Gasteiger partial charge >= 0.3 is 0 Å². The predicted octanol–water partition coefficient (Wildman–Crippen LogP) is 5.98. The smallest absolute Gasteiger partial charge is 0.227 e. The molecule has 5 rings (SSSR count). The Labute approximate surface area is 238 Å². The van der Waals surface area contributed by atoms with Gasteiger partial charge in [0, 0.05) is 41.1 Å². The summed E-state index contributed by atoms with van der Waals surface area (Å²) in [5.74, 6) is 1.75. The number of methoxy groups -OCH3 is 1. The van der Waals surface area contributed by atoms with E-state index in [2.05, 4.69) is 15.2 Å². The fourth-order valence-corrected chi connectivity index (χ4v) is 5.58. The van der Waals surface area contributed by atoms with Crippen molar-refractivity contribution in [1.82, 2.24) is 15.3 Å². The van der Waals surface area contributed by atoms with Crippen LogP contribution in [0.25, 0.3) is 10.9 Å². The monoisotopic (exact) mass is 563 g/mol. The van der Waals surface area contributed by atoms with Crippen LogP contribution in [-0.2, 0) is 17.8 Å². The van der Waals surface area contributed by atoms with E-state index in [0.717, 1.165) is 33.3 Å². The standard InChI is InChI=1S/C30H31Cl2N5O2/c1-19-15-23-25(16-26(19)39-2)35-29(36-27(23)33)37-13-11-30(12-14-37,17-20-7-9-22(31)10-8-20)28(38)34-18-21-5-3-4-6-24(21)32/h3-10,15-16H,11-14,17-18H2,1-2H3,(H,34,38)(H2,33,35,36). The van der Waals surface area contributed by atoms with Gasteiger partial charge in [-0.3, -0.25) is 4.79 Å². The summed E-state index contributed by atoms with van der Waals surface area (Å²) in [4.78, 5) is 25.3. The molecule has 2 heterocycles. The molecule has 3 aromatic carbocycles. The Morgan fingerprint density at radius 2 is 1.79 bits per heavy atom. The van der Waals surface area contributed by atoms with E-state index in [1.54, 1.807) is 7.11 Å². The van der Waals surface area contributed by atoms with Crippen molar-refractivity contribution in [3.8, 4) is 5.75 Å². The molecule has 9 heteroatoms. The summed E-state index contributed by atoms with van der Waals surface area (Å²) >= 11 is 12.5. The lowest BCUT2D eigenvalue weighted by molar-refractivity contribution is -0.132. The molecule has 1 fully saturated rings. The third kappa shape index (κ3) is 5.75. The quantitative estimate of drug-likeness (QED) is 0.287. The van der Waals surface area contributed by atoms with Crippen LogP contribution >= 0.6 is 23.2 Å². The van der Waals surface area contributed by atoms with Crippen molar-refractivity contribution in [2.45, 2.75) is 32.7 Å². The molecule has 0 bridgehead atoms. The fraction of sp³-hybridized carbons (Fsp3) is 0.300. The van der Waals surface area contributed by atoms with Gasteiger partial charge in [0.25, 0.3) is 0 Å². The van der Waals surface area contributed by atoms with Crippen molar-refractivity contribution >= 4 is 51.8 Å². The lowest BCUT2D eigenvalue weighted by Crippen LogP contribution is -2.50. The first kappa shape index (κ1) is 27.0. The van der Waals surface area contributed by atoms with Crippen LogP contribution in [0.15, 0.2) is 60.7 Å². The number of nitrogen functional groups attached to an aromatic ring is 1. The van der Waals surface area contributed by atoms with Crippen LogP contribution in [0.5, 0.6) is 5.75 Å². The number of benzene rings is 3. The van der Waals surface area contributed by atoms with Gasteiger partial charge in [-0.25, -0.2) is 4.98 Å². The second kappa shape index (κ2) is 11.3. The Kier molecular flexibility index (Phi) is 7.82. The molecule has 39 heavy (non-hydrogen) atoms. The number of nitrogens with one attached hydrogen (secondary N) is 1. The molecule has 4 aromatic rings. The number of hydrogen-bond donors (Lipinski definition) is 2. The second-order valence-electron chi connectivity index (χ2n) is 10.1. The Bertz CT molecular complexity index is 1500. The van der Waals surface area contributed by atoms with E-state index in [0.29, 0.717) is 60.7 Å². The van der Waals surface area contributed by atoms with Crippen LogP contribution in [0.1, 0.15) is 29.5 Å². The molecule has 0 radical (unpaired) electrons. The Balaban J connectivity index is 1.39. The highest BCUT2D eigenvalue weighted by atomic mass is 35.5. The van der Waals surface area contributed by atoms with Crippen molar-refractivity contribution in [3.05, 3.63) is 87.4 Å². The molecule has 0 saturated carbocycles. The molecular weight excluding hydrogens is 533 g/mol. The first-order valence-corrected chi connectivity index (χ1v) is 13.7. The molecule has 7 nitrogen and oxygen atoms in total. The van der Waals surface area contributed by atoms with Crippen LogP contribution < -0.4 is 20.7 Å². The maximum absolute atomic E-state index is 13.8. The molecule has 1 amide bonds. The number of amides is 1. The molecular formula is C30H31Cl2N5O2. The van der Waals surface area contributed by atoms with Crippen molar-refractivity contribution in [2.24, 2.45) is 5.41 Å². The van der Waals surface area contributed by atoms with Crippen molar-refractivity contribution in [3.63, 3.8) is 0 Å². The zero-order valence-corrected chi connectivity index (χ0v) is 23.5. The second-order valence-corrected chi connectivity index (χ2v) is 10.9. The first-order chi connectivity index (χ1) is 18.8. The molecule has 1 aromatic heterocycles. The topological polar surface area (TPSA) is 93.4 Å². The van der Waals surface area contributed by atoms with Gasteiger partial charge in [0.2, 0.25) is 11.9 Å². The maximum Gasteiger partial charge on any atom is 0.227 e. The lowest BCUT2D eigenvalue weighted by Gasteiger charge is -2.41. The number of fused-ring (bicyclic) bond motifs is 1. The number of halogens is 2. The zero-order chi connectivity index (χ0) is 27.6. The van der Waals surface area contributed by atoms with Gasteiger partial charge < -0.3 is 20.7 Å². The predicted molar refractivity (Wildman–Crippen MR) is 158 cm³/mol. The summed E-state index contributed by atoms with van der Waals surface area (Å²) in [7, 11) is 1.64. The number of hydrogen-bond acceptors (Lipinski definition) is 6. The van der Waals surface area contributed by atoms with Crippen LogP contribution in [0.4, 0.5) is 11.8 Å². The number of carbonyl (C=O) groups is 1. The summed E-state index contributed by atoms with van der Waals surface area (Å²) in [6, 6.07) is 19.1. The highest BCUT2D eigenvalue weighted by molar-refractivity contribution is 6.31. The highest BCUT2D eigenvalue weighted by Crippen LogP contribution is 2.38. The minimum absolute atomic E-state index is 0.0103. The van der Waals surface area contributed by atoms with E-state index in [-0.39, 0.29) is 5.91 Å². The third-order valence-corrected chi connectivity index (χ3v) is 8.19. The van der Waals surface area contributed by atoms with E-state index in [4.69, 9.17) is 38.7 Å². The molecule has 0 unspecified atom stereocenters. The zero-order valence-electron chi connectivity index (χ0n) is 22.0. The van der Waals surface area contributed by atoms with Crippen LogP contribution in [0.2, 0.25) is 10.0 Å². The fourth-order valence-electron chi connectivity index (χ4n) is 5.25. The number of piperidine rings is 1. The van der Waals surface area contributed by atoms with Gasteiger partial charge in [-0.15, -0.1) is 0 Å². The van der Waals surface area contributed by atoms with Crippen molar-refractivity contribution < 1.29 is 9.53 Å². The van der Waals surface area contributed by atoms with Crippen LogP contribution in [0.3, 0.4) is 0 Å². The number of aryl methyl sites for hydroxylation is 1. The normalized spacial score (nSPS) is 14.8. The number of nitrogens with two attached hydrogens (primary N) is 1. The Morgan fingerprint density at radius 3 is 2.49 bits per heavy atom. The van der Waals surface area contributed by atoms with E-state index in [1.165, 1.54) is 0 Å². The van der Waals surface area contributed by atoms with Gasteiger partial charge in [-0.1, -0.05) is 53.5 Å². The maximum atomic E-state index is 13.8. The highest BCUT2D eigenvalue weighted by Gasteiger charge is 2.42.